The lowest BCUT2D eigenvalue weighted by Crippen LogP contribution is -2.47. The maximum absolute atomic E-state index is 12.9. The van der Waals surface area contributed by atoms with Gasteiger partial charge < -0.3 is 9.30 Å². The Hall–Kier alpha value is -1.91. The summed E-state index contributed by atoms with van der Waals surface area (Å²) in [6.07, 6.45) is 0.365. The van der Waals surface area contributed by atoms with E-state index in [1.165, 1.54) is 5.56 Å². The van der Waals surface area contributed by atoms with Gasteiger partial charge in [0.05, 0.1) is 18.8 Å². The Labute approximate surface area is 150 Å². The molecule has 0 N–H and O–H groups in total. The van der Waals surface area contributed by atoms with Gasteiger partial charge >= 0.3 is 0 Å². The van der Waals surface area contributed by atoms with Crippen LogP contribution >= 0.6 is 0 Å². The summed E-state index contributed by atoms with van der Waals surface area (Å²) in [7, 11) is 0. The van der Waals surface area contributed by atoms with Crippen LogP contribution in [0.25, 0.3) is 0 Å². The molecule has 2 atom stereocenters. The summed E-state index contributed by atoms with van der Waals surface area (Å²) in [5, 5.41) is 0. The Balaban J connectivity index is 1.74. The number of hydrogen-bond acceptors (Lipinski definition) is 3. The number of carbonyl (C=O) groups excluding carboxylic acids is 1. The number of hydrogen-bond donors (Lipinski definition) is 0. The van der Waals surface area contributed by atoms with Crippen molar-refractivity contribution in [1.29, 1.82) is 0 Å². The Morgan fingerprint density at radius 3 is 2.40 bits per heavy atom. The lowest BCUT2D eigenvalue weighted by Gasteiger charge is -2.34. The van der Waals surface area contributed by atoms with Crippen LogP contribution in [0.2, 0.25) is 0 Å². The van der Waals surface area contributed by atoms with Crippen molar-refractivity contribution >= 4 is 5.78 Å². The molecule has 2 heterocycles. The number of carbonyl (C=O) groups is 1. The Bertz CT molecular complexity index is 726. The molecule has 1 aromatic heterocycles. The van der Waals surface area contributed by atoms with Crippen molar-refractivity contribution in [2.75, 3.05) is 19.6 Å². The predicted octanol–water partition coefficient (Wildman–Crippen LogP) is 3.45. The summed E-state index contributed by atoms with van der Waals surface area (Å²) in [4.78, 5) is 15.1. The number of aromatic nitrogens is 1. The molecule has 134 valence electrons. The monoisotopic (exact) mass is 340 g/mol. The van der Waals surface area contributed by atoms with Gasteiger partial charge in [0.15, 0.2) is 5.78 Å². The number of Topliss-reactive ketones (excluding diaryl/α,β-unsaturated/α-hetero) is 1. The smallest absolute Gasteiger partial charge is 0.178 e. The molecule has 0 radical (unpaired) electrons. The van der Waals surface area contributed by atoms with Gasteiger partial charge in [0.2, 0.25) is 0 Å². The first kappa shape index (κ1) is 17.9. The molecule has 1 aromatic carbocycles. The molecule has 1 aliphatic heterocycles. The first-order valence-corrected chi connectivity index (χ1v) is 9.05. The molecule has 4 nitrogen and oxygen atoms in total. The van der Waals surface area contributed by atoms with Gasteiger partial charge in [-0.3, -0.25) is 9.69 Å². The number of nitrogens with zero attached hydrogens (tertiary/aromatic N) is 2. The van der Waals surface area contributed by atoms with E-state index in [1.54, 1.807) is 0 Å². The van der Waals surface area contributed by atoms with Crippen LogP contribution in [-0.4, -0.2) is 47.1 Å². The molecule has 0 amide bonds. The minimum absolute atomic E-state index is 0.182. The van der Waals surface area contributed by atoms with E-state index in [0.717, 1.165) is 36.6 Å². The van der Waals surface area contributed by atoms with E-state index in [4.69, 9.17) is 4.74 Å². The Morgan fingerprint density at radius 1 is 1.12 bits per heavy atom. The zero-order chi connectivity index (χ0) is 18.0. The van der Waals surface area contributed by atoms with Gasteiger partial charge in [0.25, 0.3) is 0 Å². The quantitative estimate of drug-likeness (QED) is 0.782. The van der Waals surface area contributed by atoms with Gasteiger partial charge in [-0.2, -0.15) is 0 Å². The van der Waals surface area contributed by atoms with E-state index in [1.807, 2.05) is 19.1 Å². The summed E-state index contributed by atoms with van der Waals surface area (Å²) < 4.78 is 7.99. The van der Waals surface area contributed by atoms with E-state index in [2.05, 4.69) is 54.5 Å². The molecular weight excluding hydrogens is 312 g/mol. The van der Waals surface area contributed by atoms with Crippen LogP contribution in [0, 0.1) is 13.8 Å². The fourth-order valence-electron chi connectivity index (χ4n) is 3.79. The second-order valence-electron chi connectivity index (χ2n) is 7.23. The molecule has 0 spiro atoms. The van der Waals surface area contributed by atoms with Crippen molar-refractivity contribution in [2.24, 2.45) is 0 Å². The van der Waals surface area contributed by atoms with Crippen LogP contribution in [0.3, 0.4) is 0 Å². The summed E-state index contributed by atoms with van der Waals surface area (Å²) in [5.74, 6) is 0.203. The second-order valence-corrected chi connectivity index (χ2v) is 7.23. The van der Waals surface area contributed by atoms with Crippen LogP contribution in [0.4, 0.5) is 0 Å². The van der Waals surface area contributed by atoms with Crippen LogP contribution in [0.5, 0.6) is 0 Å². The highest BCUT2D eigenvalue weighted by molar-refractivity contribution is 5.99. The molecule has 0 bridgehead atoms. The lowest BCUT2D eigenvalue weighted by molar-refractivity contribution is -0.0652. The molecule has 2 aromatic rings. The van der Waals surface area contributed by atoms with Crippen molar-refractivity contribution in [3.8, 4) is 0 Å². The van der Waals surface area contributed by atoms with Gasteiger partial charge in [-0.1, -0.05) is 30.3 Å². The van der Waals surface area contributed by atoms with Gasteiger partial charge in [-0.05, 0) is 39.3 Å². The molecule has 0 saturated carbocycles. The minimum Gasteiger partial charge on any atom is -0.373 e. The zero-order valence-corrected chi connectivity index (χ0v) is 15.7. The highest BCUT2D eigenvalue weighted by Crippen LogP contribution is 2.19. The van der Waals surface area contributed by atoms with E-state index in [0.29, 0.717) is 6.54 Å². The highest BCUT2D eigenvalue weighted by Gasteiger charge is 2.25. The number of ketones is 1. The minimum atomic E-state index is 0.182. The summed E-state index contributed by atoms with van der Waals surface area (Å²) in [6.45, 7) is 11.2. The number of ether oxygens (including phenoxy) is 1. The van der Waals surface area contributed by atoms with E-state index < -0.39 is 0 Å². The number of benzene rings is 1. The fraction of sp³-hybridized carbons (Fsp3) is 0.476. The summed E-state index contributed by atoms with van der Waals surface area (Å²) in [6, 6.07) is 12.4. The van der Waals surface area contributed by atoms with E-state index in [9.17, 15) is 4.79 Å². The van der Waals surface area contributed by atoms with Crippen molar-refractivity contribution < 1.29 is 9.53 Å². The number of morpholine rings is 1. The van der Waals surface area contributed by atoms with E-state index >= 15 is 0 Å². The van der Waals surface area contributed by atoms with Gasteiger partial charge in [-0.25, -0.2) is 0 Å². The molecule has 25 heavy (non-hydrogen) atoms. The average molecular weight is 340 g/mol. The molecule has 0 unspecified atom stereocenters. The van der Waals surface area contributed by atoms with Crippen LogP contribution < -0.4 is 0 Å². The standard InChI is InChI=1S/C21H28N2O2/c1-15-10-20(18(4)23(15)13-19-8-6-5-7-9-19)21(24)14-22-11-16(2)25-17(3)12-22/h5-10,16-17H,11-14H2,1-4H3/t16-,17-/m0/s1. The maximum atomic E-state index is 12.9. The third-order valence-electron chi connectivity index (χ3n) is 4.92. The molecule has 3 rings (SSSR count). The molecule has 4 heteroatoms. The first-order chi connectivity index (χ1) is 11.9. The molecule has 1 saturated heterocycles. The predicted molar refractivity (Wildman–Crippen MR) is 100 cm³/mol. The third-order valence-corrected chi connectivity index (χ3v) is 4.92. The first-order valence-electron chi connectivity index (χ1n) is 9.05. The Kier molecular flexibility index (Phi) is 5.40. The van der Waals surface area contributed by atoms with Crippen LogP contribution in [-0.2, 0) is 11.3 Å². The topological polar surface area (TPSA) is 34.5 Å². The summed E-state index contributed by atoms with van der Waals surface area (Å²) >= 11 is 0. The van der Waals surface area contributed by atoms with Crippen LogP contribution in [0.15, 0.2) is 36.4 Å². The molecule has 1 fully saturated rings. The van der Waals surface area contributed by atoms with Crippen molar-refractivity contribution in [2.45, 2.75) is 46.4 Å². The third kappa shape index (κ3) is 4.20. The molecular formula is C21H28N2O2. The average Bonchev–Trinajstić information content (AvgIpc) is 2.83. The number of rotatable bonds is 5. The van der Waals surface area contributed by atoms with Crippen molar-refractivity contribution in [3.63, 3.8) is 0 Å². The zero-order valence-electron chi connectivity index (χ0n) is 15.7. The largest absolute Gasteiger partial charge is 0.373 e. The van der Waals surface area contributed by atoms with Gasteiger partial charge in [0, 0.05) is 36.6 Å². The van der Waals surface area contributed by atoms with Crippen molar-refractivity contribution in [3.05, 3.63) is 58.9 Å². The molecule has 0 aliphatic carbocycles. The van der Waals surface area contributed by atoms with E-state index in [-0.39, 0.29) is 18.0 Å². The lowest BCUT2D eigenvalue weighted by atomic mass is 10.1. The van der Waals surface area contributed by atoms with Crippen LogP contribution in [0.1, 0.15) is 41.2 Å². The fourth-order valence-corrected chi connectivity index (χ4v) is 3.79. The Morgan fingerprint density at radius 2 is 1.76 bits per heavy atom. The summed E-state index contributed by atoms with van der Waals surface area (Å²) in [5.41, 5.74) is 4.29. The number of aryl methyl sites for hydroxylation is 1. The highest BCUT2D eigenvalue weighted by atomic mass is 16.5. The van der Waals surface area contributed by atoms with Gasteiger partial charge in [-0.15, -0.1) is 0 Å². The van der Waals surface area contributed by atoms with Crippen molar-refractivity contribution in [1.82, 2.24) is 9.47 Å². The SMILES string of the molecule is Cc1cc(C(=O)CN2C[C@H](C)O[C@@H](C)C2)c(C)n1Cc1ccccc1. The second kappa shape index (κ2) is 7.54. The van der Waals surface area contributed by atoms with Gasteiger partial charge in [0.1, 0.15) is 0 Å². The normalized spacial score (nSPS) is 21.4. The molecule has 1 aliphatic rings. The maximum Gasteiger partial charge on any atom is 0.178 e.